The first-order valence-electron chi connectivity index (χ1n) is 9.21. The van der Waals surface area contributed by atoms with Crippen LogP contribution >= 0.6 is 0 Å². The maximum atomic E-state index is 14.7. The van der Waals surface area contributed by atoms with Gasteiger partial charge in [0.1, 0.15) is 5.82 Å². The molecule has 0 fully saturated rings. The average Bonchev–Trinajstić information content (AvgIpc) is 3.07. The lowest BCUT2D eigenvalue weighted by molar-refractivity contribution is -0.385. The van der Waals surface area contributed by atoms with Gasteiger partial charge in [-0.15, -0.1) is 0 Å². The van der Waals surface area contributed by atoms with E-state index in [4.69, 9.17) is 0 Å². The Hall–Kier alpha value is -3.13. The van der Waals surface area contributed by atoms with E-state index in [0.29, 0.717) is 24.7 Å². The molecule has 0 saturated carbocycles. The number of para-hydroxylation sites is 1. The maximum absolute atomic E-state index is 14.7. The summed E-state index contributed by atoms with van der Waals surface area (Å²) in [6.07, 6.45) is 2.58. The fraction of sp³-hybridized carbons (Fsp3) is 0.238. The highest BCUT2D eigenvalue weighted by Gasteiger charge is 2.31. The highest BCUT2D eigenvalue weighted by molar-refractivity contribution is 5.40. The smallest absolute Gasteiger partial charge is 0.273 e. The Morgan fingerprint density at radius 2 is 1.76 bits per heavy atom. The van der Waals surface area contributed by atoms with Gasteiger partial charge in [0.25, 0.3) is 5.69 Å². The molecule has 29 heavy (non-hydrogen) atoms. The van der Waals surface area contributed by atoms with E-state index in [0.717, 1.165) is 18.2 Å². The Morgan fingerprint density at radius 1 is 1.00 bits per heavy atom. The van der Waals surface area contributed by atoms with Gasteiger partial charge in [0.05, 0.1) is 11.0 Å². The van der Waals surface area contributed by atoms with Gasteiger partial charge in [-0.2, -0.15) is 0 Å². The van der Waals surface area contributed by atoms with E-state index < -0.39 is 28.4 Å². The third kappa shape index (κ3) is 3.63. The molecule has 0 aliphatic carbocycles. The number of aromatic nitrogens is 1. The first kappa shape index (κ1) is 19.2. The number of benzene rings is 2. The van der Waals surface area contributed by atoms with Crippen molar-refractivity contribution in [3.8, 4) is 0 Å². The van der Waals surface area contributed by atoms with E-state index >= 15 is 0 Å². The molecular formula is C21H18F3N3O2. The number of halogens is 3. The molecular weight excluding hydrogens is 383 g/mol. The van der Waals surface area contributed by atoms with Gasteiger partial charge in [-0.3, -0.25) is 15.0 Å². The monoisotopic (exact) mass is 401 g/mol. The fourth-order valence-electron chi connectivity index (χ4n) is 3.95. The van der Waals surface area contributed by atoms with Gasteiger partial charge < -0.3 is 4.57 Å². The second kappa shape index (κ2) is 7.71. The van der Waals surface area contributed by atoms with Crippen molar-refractivity contribution < 1.29 is 18.1 Å². The second-order valence-electron chi connectivity index (χ2n) is 7.03. The molecule has 0 spiro atoms. The zero-order valence-corrected chi connectivity index (χ0v) is 15.4. The summed E-state index contributed by atoms with van der Waals surface area (Å²) in [5, 5.41) is 11.4. The Bertz CT molecular complexity index is 1070. The topological polar surface area (TPSA) is 51.3 Å². The molecule has 5 nitrogen and oxygen atoms in total. The molecule has 0 bridgehead atoms. The van der Waals surface area contributed by atoms with Crippen LogP contribution in [0.4, 0.5) is 18.9 Å². The van der Waals surface area contributed by atoms with Crippen molar-refractivity contribution in [1.82, 2.24) is 9.47 Å². The summed E-state index contributed by atoms with van der Waals surface area (Å²) in [6.45, 7) is 1.36. The van der Waals surface area contributed by atoms with Gasteiger partial charge in [0, 0.05) is 54.8 Å². The zero-order chi connectivity index (χ0) is 20.5. The number of hydrogen-bond donors (Lipinski definition) is 0. The lowest BCUT2D eigenvalue weighted by Gasteiger charge is -2.30. The van der Waals surface area contributed by atoms with Crippen molar-refractivity contribution >= 4 is 5.69 Å². The van der Waals surface area contributed by atoms with Gasteiger partial charge in [0.15, 0.2) is 11.6 Å². The summed E-state index contributed by atoms with van der Waals surface area (Å²) >= 11 is 0. The molecule has 0 N–H and O–H groups in total. The summed E-state index contributed by atoms with van der Waals surface area (Å²) in [5.74, 6) is -3.23. The van der Waals surface area contributed by atoms with E-state index in [2.05, 4.69) is 0 Å². The lowest BCUT2D eigenvalue weighted by Crippen LogP contribution is -2.30. The van der Waals surface area contributed by atoms with Gasteiger partial charge in [0.2, 0.25) is 0 Å². The van der Waals surface area contributed by atoms with Crippen molar-refractivity contribution in [2.75, 3.05) is 6.54 Å². The van der Waals surface area contributed by atoms with Crippen molar-refractivity contribution in [2.24, 2.45) is 0 Å². The van der Waals surface area contributed by atoms with Crippen LogP contribution in [0.15, 0.2) is 54.7 Å². The predicted molar refractivity (Wildman–Crippen MR) is 101 cm³/mol. The highest BCUT2D eigenvalue weighted by Crippen LogP contribution is 2.36. The number of nitrogens with zero attached hydrogens (tertiary/aromatic N) is 3. The fourth-order valence-corrected chi connectivity index (χ4v) is 3.95. The Kier molecular flexibility index (Phi) is 5.10. The molecule has 1 aliphatic heterocycles. The minimum atomic E-state index is -1.25. The second-order valence-corrected chi connectivity index (χ2v) is 7.03. The third-order valence-electron chi connectivity index (χ3n) is 5.25. The molecule has 1 aromatic heterocycles. The van der Waals surface area contributed by atoms with Crippen LogP contribution in [0.1, 0.15) is 29.3 Å². The summed E-state index contributed by atoms with van der Waals surface area (Å²) in [5.41, 5.74) is 1.18. The van der Waals surface area contributed by atoms with Crippen LogP contribution in [-0.2, 0) is 13.1 Å². The molecule has 0 saturated heterocycles. The molecule has 3 aromatic rings. The maximum Gasteiger partial charge on any atom is 0.273 e. The van der Waals surface area contributed by atoms with E-state index in [9.17, 15) is 23.3 Å². The van der Waals surface area contributed by atoms with Gasteiger partial charge in [-0.1, -0.05) is 18.2 Å². The van der Waals surface area contributed by atoms with Gasteiger partial charge >= 0.3 is 0 Å². The summed E-state index contributed by atoms with van der Waals surface area (Å²) in [7, 11) is 0. The molecule has 4 rings (SSSR count). The summed E-state index contributed by atoms with van der Waals surface area (Å²) < 4.78 is 44.2. The van der Waals surface area contributed by atoms with Crippen LogP contribution < -0.4 is 0 Å². The first-order chi connectivity index (χ1) is 14.0. The normalized spacial score (nSPS) is 17.0. The SMILES string of the molecule is O=[N+]([O-])c1ccccc1CN1CCCn2cccc2C1c1cc(F)c(F)cc1F. The highest BCUT2D eigenvalue weighted by atomic mass is 19.2. The molecule has 2 aromatic carbocycles. The number of rotatable bonds is 4. The van der Waals surface area contributed by atoms with E-state index in [1.54, 1.807) is 18.2 Å². The average molecular weight is 401 g/mol. The number of fused-ring (bicyclic) bond motifs is 1. The number of nitro benzene ring substituents is 1. The standard InChI is InChI=1S/C21H18F3N3O2/c22-16-12-18(24)17(23)11-15(16)21-20-7-3-8-25(20)9-4-10-26(21)13-14-5-1-2-6-19(14)27(28)29/h1-3,5-8,11-12,21H,4,9-10,13H2. The molecule has 0 amide bonds. The Morgan fingerprint density at radius 3 is 2.55 bits per heavy atom. The van der Waals surface area contributed by atoms with Crippen molar-refractivity contribution in [1.29, 1.82) is 0 Å². The number of nitro groups is 1. The molecule has 2 heterocycles. The van der Waals surface area contributed by atoms with Crippen LogP contribution in [0.5, 0.6) is 0 Å². The number of hydrogen-bond acceptors (Lipinski definition) is 3. The molecule has 1 atom stereocenters. The quantitative estimate of drug-likeness (QED) is 0.358. The molecule has 150 valence electrons. The summed E-state index contributed by atoms with van der Waals surface area (Å²) in [6, 6.07) is 10.7. The van der Waals surface area contributed by atoms with Crippen LogP contribution in [0.3, 0.4) is 0 Å². The van der Waals surface area contributed by atoms with Crippen molar-refractivity contribution in [2.45, 2.75) is 25.6 Å². The van der Waals surface area contributed by atoms with Gasteiger partial charge in [-0.25, -0.2) is 13.2 Å². The van der Waals surface area contributed by atoms with Crippen LogP contribution in [0.2, 0.25) is 0 Å². The summed E-state index contributed by atoms with van der Waals surface area (Å²) in [4.78, 5) is 12.8. The van der Waals surface area contributed by atoms with Crippen LogP contribution in [-0.4, -0.2) is 20.9 Å². The molecule has 1 aliphatic rings. The largest absolute Gasteiger partial charge is 0.350 e. The predicted octanol–water partition coefficient (Wildman–Crippen LogP) is 4.81. The lowest BCUT2D eigenvalue weighted by atomic mass is 9.99. The minimum absolute atomic E-state index is 0.00401. The van der Waals surface area contributed by atoms with E-state index in [-0.39, 0.29) is 17.8 Å². The molecule has 1 unspecified atom stereocenters. The molecule has 8 heteroatoms. The van der Waals surface area contributed by atoms with Crippen LogP contribution in [0, 0.1) is 27.6 Å². The number of aryl methyl sites for hydroxylation is 1. The van der Waals surface area contributed by atoms with E-state index in [1.165, 1.54) is 6.07 Å². The van der Waals surface area contributed by atoms with Crippen molar-refractivity contribution in [3.63, 3.8) is 0 Å². The molecule has 0 radical (unpaired) electrons. The van der Waals surface area contributed by atoms with Gasteiger partial charge in [-0.05, 0) is 24.6 Å². The van der Waals surface area contributed by atoms with Crippen molar-refractivity contribution in [3.05, 3.63) is 99.1 Å². The van der Waals surface area contributed by atoms with E-state index in [1.807, 2.05) is 27.8 Å². The Labute approximate surface area is 165 Å². The Balaban J connectivity index is 1.82. The van der Waals surface area contributed by atoms with Crippen LogP contribution in [0.25, 0.3) is 0 Å². The first-order valence-corrected chi connectivity index (χ1v) is 9.21. The minimum Gasteiger partial charge on any atom is -0.350 e. The zero-order valence-electron chi connectivity index (χ0n) is 15.4. The third-order valence-corrected chi connectivity index (χ3v) is 5.25.